The van der Waals surface area contributed by atoms with Crippen molar-refractivity contribution in [3.05, 3.63) is 101 Å². The fourth-order valence-corrected chi connectivity index (χ4v) is 6.59. The maximum Gasteiger partial charge on any atom is 0.747 e. The lowest BCUT2D eigenvalue weighted by atomic mass is 9.70. The molecule has 1 unspecified atom stereocenters. The lowest BCUT2D eigenvalue weighted by molar-refractivity contribution is 0.411. The highest BCUT2D eigenvalue weighted by Crippen LogP contribution is 2.54. The van der Waals surface area contributed by atoms with Crippen LogP contribution in [0.2, 0.25) is 0 Å². The largest absolute Gasteiger partial charge is 0.747 e. The summed E-state index contributed by atoms with van der Waals surface area (Å²) in [5.41, 5.74) is 10.4. The van der Waals surface area contributed by atoms with E-state index in [1.807, 2.05) is 12.1 Å². The monoisotopic (exact) mass is 609 g/mol. The number of benzene rings is 4. The fraction of sp³-hybridized carbons (Fsp3) is 0.400. The van der Waals surface area contributed by atoms with Crippen LogP contribution in [0.3, 0.4) is 0 Å². The highest BCUT2D eigenvalue weighted by molar-refractivity contribution is 7.32. The molecule has 0 bridgehead atoms. The Kier molecular flexibility index (Phi) is 9.11. The van der Waals surface area contributed by atoms with Crippen molar-refractivity contribution in [2.75, 3.05) is 0 Å². The standard InChI is InChI=1S/C40H49O3P/c1-37(2,3)28-20-16-21-29(38(4,5)6)34(28)27-24-25-32(43-44(41)42)36(33(27)26-18-14-13-15-19-26)35-30(39(7,8)9)22-17-23-31(35)40(10,11)12/h13-25H,1-12H3/p+1. The van der Waals surface area contributed by atoms with Crippen molar-refractivity contribution in [2.45, 2.75) is 105 Å². The summed E-state index contributed by atoms with van der Waals surface area (Å²) in [6.45, 7) is 27.0. The minimum absolute atomic E-state index is 0.131. The Hall–Kier alpha value is -3.26. The van der Waals surface area contributed by atoms with Crippen molar-refractivity contribution in [3.63, 3.8) is 0 Å². The zero-order chi connectivity index (χ0) is 32.8. The minimum atomic E-state index is -2.90. The van der Waals surface area contributed by atoms with Gasteiger partial charge in [-0.15, -0.1) is 4.89 Å². The van der Waals surface area contributed by atoms with E-state index in [0.717, 1.165) is 38.9 Å². The zero-order valence-corrected chi connectivity index (χ0v) is 29.6. The van der Waals surface area contributed by atoms with E-state index < -0.39 is 8.25 Å². The summed E-state index contributed by atoms with van der Waals surface area (Å²) >= 11 is 0. The van der Waals surface area contributed by atoms with E-state index in [9.17, 15) is 9.46 Å². The number of hydrogen-bond acceptors (Lipinski definition) is 2. The van der Waals surface area contributed by atoms with Crippen LogP contribution in [0, 0.1) is 0 Å². The van der Waals surface area contributed by atoms with Gasteiger partial charge in [-0.25, -0.2) is 4.52 Å². The van der Waals surface area contributed by atoms with Crippen molar-refractivity contribution in [1.82, 2.24) is 0 Å². The maximum atomic E-state index is 12.4. The van der Waals surface area contributed by atoms with Crippen molar-refractivity contribution in [3.8, 4) is 39.1 Å². The highest BCUT2D eigenvalue weighted by atomic mass is 31.1. The van der Waals surface area contributed by atoms with Crippen LogP contribution in [0.15, 0.2) is 78.9 Å². The third kappa shape index (κ3) is 6.85. The van der Waals surface area contributed by atoms with Crippen molar-refractivity contribution < 1.29 is 14.0 Å². The summed E-state index contributed by atoms with van der Waals surface area (Å²) in [5.74, 6) is 0.406. The van der Waals surface area contributed by atoms with Crippen LogP contribution in [0.25, 0.3) is 33.4 Å². The van der Waals surface area contributed by atoms with Gasteiger partial charge in [0, 0.05) is 15.7 Å². The average molecular weight is 610 g/mol. The Morgan fingerprint density at radius 3 is 1.27 bits per heavy atom. The van der Waals surface area contributed by atoms with Gasteiger partial charge in [0.25, 0.3) is 0 Å². The predicted molar refractivity (Wildman–Crippen MR) is 188 cm³/mol. The first kappa shape index (κ1) is 33.6. The molecule has 0 aliphatic rings. The summed E-state index contributed by atoms with van der Waals surface area (Å²) in [5, 5.41) is 0. The summed E-state index contributed by atoms with van der Waals surface area (Å²) in [6.07, 6.45) is 0. The molecule has 0 heterocycles. The molecule has 44 heavy (non-hydrogen) atoms. The van der Waals surface area contributed by atoms with E-state index in [1.165, 1.54) is 16.7 Å². The van der Waals surface area contributed by atoms with E-state index in [0.29, 0.717) is 5.75 Å². The topological polar surface area (TPSA) is 46.5 Å². The Morgan fingerprint density at radius 1 is 0.477 bits per heavy atom. The smallest absolute Gasteiger partial charge is 0.229 e. The Balaban J connectivity index is 2.39. The van der Waals surface area contributed by atoms with Gasteiger partial charge in [-0.3, -0.25) is 0 Å². The average Bonchev–Trinajstić information content (AvgIpc) is 2.90. The molecule has 232 valence electrons. The first-order chi connectivity index (χ1) is 20.2. The SMILES string of the molecule is CC(C)(C)c1cccc(C(C)(C)C)c1-c1ccc(O[P+](=O)O)c(-c2c(C(C)(C)C)cccc2C(C)(C)C)c1-c1ccccc1. The van der Waals surface area contributed by atoms with Crippen LogP contribution >= 0.6 is 8.25 Å². The van der Waals surface area contributed by atoms with Gasteiger partial charge in [0.05, 0.1) is 0 Å². The molecule has 1 N–H and O–H groups in total. The molecule has 0 aromatic heterocycles. The molecule has 1 atom stereocenters. The first-order valence-corrected chi connectivity index (χ1v) is 16.7. The third-order valence-electron chi connectivity index (χ3n) is 8.29. The molecular weight excluding hydrogens is 559 g/mol. The summed E-state index contributed by atoms with van der Waals surface area (Å²) in [7, 11) is -2.90. The van der Waals surface area contributed by atoms with Gasteiger partial charge in [0.2, 0.25) is 0 Å². The molecular formula is C40H50O3P+. The van der Waals surface area contributed by atoms with Crippen LogP contribution < -0.4 is 4.52 Å². The van der Waals surface area contributed by atoms with Gasteiger partial charge in [-0.05, 0) is 78.3 Å². The van der Waals surface area contributed by atoms with Gasteiger partial charge in [0.1, 0.15) is 0 Å². The lowest BCUT2D eigenvalue weighted by Crippen LogP contribution is -2.20. The first-order valence-electron chi connectivity index (χ1n) is 15.6. The van der Waals surface area contributed by atoms with Gasteiger partial charge in [0.15, 0.2) is 5.75 Å². The van der Waals surface area contributed by atoms with Gasteiger partial charge < -0.3 is 0 Å². The van der Waals surface area contributed by atoms with Crippen molar-refractivity contribution in [2.24, 2.45) is 0 Å². The molecule has 4 aromatic rings. The molecule has 0 saturated carbocycles. The third-order valence-corrected chi connectivity index (χ3v) is 8.64. The summed E-state index contributed by atoms with van der Waals surface area (Å²) in [4.78, 5) is 10.2. The van der Waals surface area contributed by atoms with Gasteiger partial charge >= 0.3 is 8.25 Å². The van der Waals surface area contributed by atoms with Crippen LogP contribution in [0.4, 0.5) is 0 Å². The molecule has 0 aliphatic heterocycles. The van der Waals surface area contributed by atoms with E-state index in [-0.39, 0.29) is 21.7 Å². The molecule has 4 rings (SSSR count). The second kappa shape index (κ2) is 11.9. The molecule has 3 nitrogen and oxygen atoms in total. The molecule has 4 aromatic carbocycles. The van der Waals surface area contributed by atoms with Crippen LogP contribution in [-0.2, 0) is 26.2 Å². The zero-order valence-electron chi connectivity index (χ0n) is 28.7. The van der Waals surface area contributed by atoms with Crippen molar-refractivity contribution in [1.29, 1.82) is 0 Å². The normalized spacial score (nSPS) is 13.2. The van der Waals surface area contributed by atoms with Crippen LogP contribution in [-0.4, -0.2) is 4.89 Å². The molecule has 0 aliphatic carbocycles. The second-order valence-corrected chi connectivity index (χ2v) is 16.7. The molecule has 0 saturated heterocycles. The Bertz CT molecular complexity index is 1610. The van der Waals surface area contributed by atoms with Gasteiger partial charge in [-0.2, -0.15) is 0 Å². The highest BCUT2D eigenvalue weighted by Gasteiger charge is 2.35. The van der Waals surface area contributed by atoms with Crippen LogP contribution in [0.5, 0.6) is 5.75 Å². The Labute approximate surface area is 266 Å². The summed E-state index contributed by atoms with van der Waals surface area (Å²) < 4.78 is 18.3. The van der Waals surface area contributed by atoms with E-state index >= 15 is 0 Å². The van der Waals surface area contributed by atoms with Gasteiger partial charge in [-0.1, -0.05) is 150 Å². The molecule has 0 radical (unpaired) electrons. The molecule has 4 heteroatoms. The quantitative estimate of drug-likeness (QED) is 0.229. The number of rotatable bonds is 5. The lowest BCUT2D eigenvalue weighted by Gasteiger charge is -2.34. The Morgan fingerprint density at radius 2 is 0.886 bits per heavy atom. The van der Waals surface area contributed by atoms with Crippen LogP contribution in [0.1, 0.15) is 105 Å². The molecule has 0 spiro atoms. The van der Waals surface area contributed by atoms with Crippen molar-refractivity contribution >= 4 is 8.25 Å². The fourth-order valence-electron chi connectivity index (χ4n) is 6.27. The number of hydrogen-bond donors (Lipinski definition) is 1. The molecule has 0 amide bonds. The predicted octanol–water partition coefficient (Wildman–Crippen LogP) is 11.9. The molecule has 0 fully saturated rings. The van der Waals surface area contributed by atoms with E-state index in [2.05, 4.69) is 150 Å². The van der Waals surface area contributed by atoms with E-state index in [1.54, 1.807) is 0 Å². The maximum absolute atomic E-state index is 12.4. The minimum Gasteiger partial charge on any atom is -0.229 e. The second-order valence-electron chi connectivity index (χ2n) is 16.0. The summed E-state index contributed by atoms with van der Waals surface area (Å²) in [6, 6.07) is 27.6. The van der Waals surface area contributed by atoms with E-state index in [4.69, 9.17) is 4.52 Å².